The second-order valence-corrected chi connectivity index (χ2v) is 11.2. The topological polar surface area (TPSA) is 71.8 Å². The molecule has 0 aliphatic carbocycles. The summed E-state index contributed by atoms with van der Waals surface area (Å²) in [4.78, 5) is 18.5. The highest BCUT2D eigenvalue weighted by Crippen LogP contribution is 2.38. The van der Waals surface area contributed by atoms with Gasteiger partial charge in [0.15, 0.2) is 0 Å². The molecule has 3 aromatic carbocycles. The predicted molar refractivity (Wildman–Crippen MR) is 154 cm³/mol. The van der Waals surface area contributed by atoms with Gasteiger partial charge in [0.05, 0.1) is 5.57 Å². The zero-order valence-corrected chi connectivity index (χ0v) is 23.7. The van der Waals surface area contributed by atoms with Gasteiger partial charge in [-0.05, 0) is 61.7 Å². The minimum Gasteiger partial charge on any atom is -0.328 e. The largest absolute Gasteiger partial charge is 0.328 e. The Bertz CT molecular complexity index is 1530. The van der Waals surface area contributed by atoms with Gasteiger partial charge in [-0.3, -0.25) is 4.79 Å². The van der Waals surface area contributed by atoms with Crippen LogP contribution in [0.25, 0.3) is 0 Å². The Balaban J connectivity index is 1.50. The van der Waals surface area contributed by atoms with Crippen LogP contribution < -0.4 is 10.6 Å². The molecule has 0 fully saturated rings. The number of thioether (sulfide) groups is 1. The molecule has 0 saturated carbocycles. The van der Waals surface area contributed by atoms with E-state index >= 15 is 0 Å². The van der Waals surface area contributed by atoms with Gasteiger partial charge in [0.2, 0.25) is 11.1 Å². The van der Waals surface area contributed by atoms with Gasteiger partial charge >= 0.3 is 0 Å². The van der Waals surface area contributed by atoms with Crippen LogP contribution in [0, 0.1) is 13.8 Å². The number of rotatable bonds is 6. The minimum absolute atomic E-state index is 0.187. The number of aryl methyl sites for hydroxylation is 2. The quantitative estimate of drug-likeness (QED) is 0.226. The van der Waals surface area contributed by atoms with Crippen molar-refractivity contribution in [3.63, 3.8) is 0 Å². The molecule has 0 radical (unpaired) electrons. The van der Waals surface area contributed by atoms with Crippen LogP contribution in [-0.2, 0) is 10.5 Å². The molecule has 0 spiro atoms. The molecule has 1 atom stereocenters. The van der Waals surface area contributed by atoms with Gasteiger partial charge in [-0.15, -0.1) is 5.10 Å². The van der Waals surface area contributed by atoms with Gasteiger partial charge in [0.25, 0.3) is 5.91 Å². The van der Waals surface area contributed by atoms with Crippen molar-refractivity contribution < 1.29 is 4.79 Å². The summed E-state index contributed by atoms with van der Waals surface area (Å²) in [6, 6.07) is 21.2. The van der Waals surface area contributed by atoms with Crippen LogP contribution >= 0.6 is 39.3 Å². The lowest BCUT2D eigenvalue weighted by atomic mass is 9.95. The van der Waals surface area contributed by atoms with E-state index in [9.17, 15) is 4.79 Å². The van der Waals surface area contributed by atoms with Crippen molar-refractivity contribution in [1.29, 1.82) is 0 Å². The van der Waals surface area contributed by atoms with Crippen molar-refractivity contribution in [2.75, 3.05) is 10.6 Å². The first-order valence-corrected chi connectivity index (χ1v) is 13.9. The average Bonchev–Trinajstić information content (AvgIpc) is 3.26. The van der Waals surface area contributed by atoms with Crippen molar-refractivity contribution in [2.24, 2.45) is 0 Å². The number of aromatic nitrogens is 3. The number of hydrogen-bond acceptors (Lipinski definition) is 5. The lowest BCUT2D eigenvalue weighted by Gasteiger charge is -2.29. The smallest absolute Gasteiger partial charge is 0.255 e. The third-order valence-electron chi connectivity index (χ3n) is 6.19. The van der Waals surface area contributed by atoms with Gasteiger partial charge in [0.1, 0.15) is 6.04 Å². The lowest BCUT2D eigenvalue weighted by molar-refractivity contribution is -0.113. The first-order chi connectivity index (χ1) is 17.8. The number of carbonyl (C=O) groups excluding carboxylic acids is 1. The van der Waals surface area contributed by atoms with Crippen LogP contribution in [0.2, 0.25) is 5.02 Å². The molecular formula is C28H25BrClN5OS. The molecule has 4 aromatic rings. The normalized spacial score (nSPS) is 14.8. The van der Waals surface area contributed by atoms with E-state index in [1.165, 1.54) is 11.8 Å². The van der Waals surface area contributed by atoms with Crippen molar-refractivity contribution in [3.05, 3.63) is 110 Å². The summed E-state index contributed by atoms with van der Waals surface area (Å²) in [6.07, 6.45) is 0. The van der Waals surface area contributed by atoms with Crippen LogP contribution in [0.3, 0.4) is 0 Å². The van der Waals surface area contributed by atoms with E-state index in [2.05, 4.69) is 32.6 Å². The van der Waals surface area contributed by atoms with Crippen molar-refractivity contribution >= 4 is 56.8 Å². The molecule has 1 aliphatic heterocycles. The molecule has 0 bridgehead atoms. The molecule has 9 heteroatoms. The van der Waals surface area contributed by atoms with Crippen molar-refractivity contribution in [3.8, 4) is 0 Å². The number of benzene rings is 3. The fourth-order valence-electron chi connectivity index (χ4n) is 4.37. The van der Waals surface area contributed by atoms with Crippen LogP contribution in [-0.4, -0.2) is 20.7 Å². The SMILES string of the molecule is CC1=C(C(=O)Nc2ccc(C)cc2C)[C@@H](c2cccc(Br)c2)n2nc(SCc3ccccc3Cl)nc2N1. The molecule has 37 heavy (non-hydrogen) atoms. The summed E-state index contributed by atoms with van der Waals surface area (Å²) >= 11 is 11.4. The third-order valence-corrected chi connectivity index (χ3v) is 7.94. The molecule has 5 rings (SSSR count). The first kappa shape index (κ1) is 25.6. The summed E-state index contributed by atoms with van der Waals surface area (Å²) in [7, 11) is 0. The maximum atomic E-state index is 13.7. The van der Waals surface area contributed by atoms with E-state index in [0.717, 1.165) is 38.1 Å². The summed E-state index contributed by atoms with van der Waals surface area (Å²) in [5, 5.41) is 12.6. The summed E-state index contributed by atoms with van der Waals surface area (Å²) in [5.41, 5.74) is 6.19. The van der Waals surface area contributed by atoms with Crippen LogP contribution in [0.15, 0.2) is 87.6 Å². The Morgan fingerprint density at radius 1 is 1.11 bits per heavy atom. The Morgan fingerprint density at radius 2 is 1.92 bits per heavy atom. The Morgan fingerprint density at radius 3 is 2.68 bits per heavy atom. The molecule has 0 unspecified atom stereocenters. The maximum Gasteiger partial charge on any atom is 0.255 e. The zero-order valence-electron chi connectivity index (χ0n) is 20.5. The van der Waals surface area contributed by atoms with Crippen molar-refractivity contribution in [2.45, 2.75) is 37.7 Å². The van der Waals surface area contributed by atoms with Gasteiger partial charge in [-0.1, -0.05) is 87.3 Å². The van der Waals surface area contributed by atoms with Gasteiger partial charge in [0, 0.05) is 26.6 Å². The minimum atomic E-state index is -0.457. The highest BCUT2D eigenvalue weighted by molar-refractivity contribution is 9.10. The Labute approximate surface area is 233 Å². The number of carbonyl (C=O) groups is 1. The molecule has 6 nitrogen and oxygen atoms in total. The van der Waals surface area contributed by atoms with Crippen molar-refractivity contribution in [1.82, 2.24) is 14.8 Å². The fourth-order valence-corrected chi connectivity index (χ4v) is 5.90. The molecule has 188 valence electrons. The van der Waals surface area contributed by atoms with Gasteiger partial charge < -0.3 is 10.6 Å². The summed E-state index contributed by atoms with van der Waals surface area (Å²) in [6.45, 7) is 5.93. The van der Waals surface area contributed by atoms with Crippen LogP contribution in [0.5, 0.6) is 0 Å². The zero-order chi connectivity index (χ0) is 26.1. The Hall–Kier alpha value is -3.07. The lowest BCUT2D eigenvalue weighted by Crippen LogP contribution is -2.31. The summed E-state index contributed by atoms with van der Waals surface area (Å²) < 4.78 is 2.71. The van der Waals surface area contributed by atoms with Gasteiger partial charge in [-0.2, -0.15) is 4.98 Å². The number of nitrogens with zero attached hydrogens (tertiary/aromatic N) is 3. The number of allylic oxidation sites excluding steroid dienone is 1. The van der Waals surface area contributed by atoms with E-state index in [1.807, 2.05) is 81.4 Å². The number of anilines is 2. The average molecular weight is 595 g/mol. The highest BCUT2D eigenvalue weighted by atomic mass is 79.9. The van der Waals surface area contributed by atoms with E-state index in [4.69, 9.17) is 21.7 Å². The third kappa shape index (κ3) is 5.46. The molecule has 1 aliphatic rings. The molecular weight excluding hydrogens is 570 g/mol. The monoisotopic (exact) mass is 593 g/mol. The number of nitrogens with one attached hydrogen (secondary N) is 2. The highest BCUT2D eigenvalue weighted by Gasteiger charge is 2.34. The first-order valence-electron chi connectivity index (χ1n) is 11.7. The molecule has 2 heterocycles. The van der Waals surface area contributed by atoms with E-state index in [1.54, 1.807) is 4.68 Å². The number of halogens is 2. The number of amides is 1. The van der Waals surface area contributed by atoms with Crippen LogP contribution in [0.4, 0.5) is 11.6 Å². The fraction of sp³-hybridized carbons (Fsp3) is 0.179. The predicted octanol–water partition coefficient (Wildman–Crippen LogP) is 7.53. The maximum absolute atomic E-state index is 13.7. The standard InChI is InChI=1S/C28H25BrClN5OS/c1-16-11-12-23(17(2)13-16)32-26(36)24-18(3)31-27-33-28(37-15-20-7-4-5-10-22(20)30)34-35(27)25(24)19-8-6-9-21(29)14-19/h4-14,25H,15H2,1-3H3,(H,32,36)(H,31,33,34)/t25-/m1/s1. The molecule has 0 saturated heterocycles. The number of fused-ring (bicyclic) bond motifs is 1. The molecule has 1 aromatic heterocycles. The van der Waals surface area contributed by atoms with E-state index in [-0.39, 0.29) is 5.91 Å². The summed E-state index contributed by atoms with van der Waals surface area (Å²) in [5.74, 6) is 1.04. The van der Waals surface area contributed by atoms with E-state index < -0.39 is 6.04 Å². The van der Waals surface area contributed by atoms with Crippen LogP contribution in [0.1, 0.15) is 35.2 Å². The Kier molecular flexibility index (Phi) is 7.42. The second-order valence-electron chi connectivity index (χ2n) is 8.94. The van der Waals surface area contributed by atoms with Gasteiger partial charge in [-0.25, -0.2) is 4.68 Å². The molecule has 2 N–H and O–H groups in total. The second kappa shape index (κ2) is 10.7. The van der Waals surface area contributed by atoms with E-state index in [0.29, 0.717) is 27.5 Å². The number of hydrogen-bond donors (Lipinski definition) is 2. The molecule has 1 amide bonds.